The summed E-state index contributed by atoms with van der Waals surface area (Å²) in [5, 5.41) is 7.59. The highest BCUT2D eigenvalue weighted by atomic mass is 35.5. The maximum absolute atomic E-state index is 12.3. The number of aromatic nitrogens is 2. The summed E-state index contributed by atoms with van der Waals surface area (Å²) < 4.78 is 3.81. The fourth-order valence-corrected chi connectivity index (χ4v) is 3.39. The van der Waals surface area contributed by atoms with Gasteiger partial charge in [-0.25, -0.2) is 0 Å². The van der Waals surface area contributed by atoms with Gasteiger partial charge in [0.15, 0.2) is 0 Å². The number of hydrogen-bond donors (Lipinski definition) is 1. The molecule has 0 saturated heterocycles. The summed E-state index contributed by atoms with van der Waals surface area (Å²) in [7, 11) is 0. The van der Waals surface area contributed by atoms with Crippen molar-refractivity contribution in [3.05, 3.63) is 45.4 Å². The number of amides is 1. The molecule has 24 heavy (non-hydrogen) atoms. The number of carbonyl (C=O) groups excluding carboxylic acids is 1. The maximum Gasteiger partial charge on any atom is 0.265 e. The summed E-state index contributed by atoms with van der Waals surface area (Å²) in [5.41, 5.74) is 1.68. The van der Waals surface area contributed by atoms with E-state index in [1.165, 1.54) is 0 Å². The van der Waals surface area contributed by atoms with Crippen molar-refractivity contribution in [2.45, 2.75) is 26.8 Å². The highest BCUT2D eigenvalue weighted by Crippen LogP contribution is 2.27. The predicted molar refractivity (Wildman–Crippen MR) is 101 cm³/mol. The van der Waals surface area contributed by atoms with Crippen molar-refractivity contribution < 1.29 is 4.79 Å². The van der Waals surface area contributed by atoms with Crippen LogP contribution in [0.5, 0.6) is 0 Å². The smallest absolute Gasteiger partial charge is 0.265 e. The molecule has 1 heterocycles. The largest absolute Gasteiger partial charge is 0.349 e. The van der Waals surface area contributed by atoms with E-state index in [-0.39, 0.29) is 24.4 Å². The van der Waals surface area contributed by atoms with Crippen LogP contribution in [-0.4, -0.2) is 40.0 Å². The lowest BCUT2D eigenvalue weighted by atomic mass is 10.0. The van der Waals surface area contributed by atoms with E-state index >= 15 is 0 Å². The van der Waals surface area contributed by atoms with Crippen molar-refractivity contribution in [1.29, 1.82) is 0 Å². The monoisotopic (exact) mass is 388 g/mol. The standard InChI is InChI=1S/C16H21ClN4OS.ClH/c1-4-21(5-2)14(12-8-6-7-9-13(12)17)10-18-16(22)15-11(3)19-20-23-15;/h6-9,14H,4-5,10H2,1-3H3,(H,18,22);1H. The van der Waals surface area contributed by atoms with Crippen LogP contribution >= 0.6 is 35.5 Å². The summed E-state index contributed by atoms with van der Waals surface area (Å²) in [6.45, 7) is 8.24. The van der Waals surface area contributed by atoms with Gasteiger partial charge in [0, 0.05) is 11.6 Å². The van der Waals surface area contributed by atoms with Gasteiger partial charge in [-0.3, -0.25) is 9.69 Å². The van der Waals surface area contributed by atoms with Gasteiger partial charge in [0.05, 0.1) is 11.7 Å². The van der Waals surface area contributed by atoms with Gasteiger partial charge in [-0.2, -0.15) is 0 Å². The maximum atomic E-state index is 12.3. The first kappa shape index (κ1) is 20.8. The number of hydrogen-bond acceptors (Lipinski definition) is 5. The molecular formula is C16H22Cl2N4OS. The molecule has 1 amide bonds. The number of nitrogens with one attached hydrogen (secondary N) is 1. The lowest BCUT2D eigenvalue weighted by molar-refractivity contribution is 0.0938. The van der Waals surface area contributed by atoms with E-state index in [0.29, 0.717) is 22.1 Å². The third kappa shape index (κ3) is 4.89. The molecule has 0 saturated carbocycles. The van der Waals surface area contributed by atoms with E-state index in [1.807, 2.05) is 24.3 Å². The lowest BCUT2D eigenvalue weighted by Crippen LogP contribution is -2.38. The molecule has 1 aromatic carbocycles. The van der Waals surface area contributed by atoms with Crippen molar-refractivity contribution in [2.24, 2.45) is 0 Å². The molecule has 0 fully saturated rings. The summed E-state index contributed by atoms with van der Waals surface area (Å²) in [4.78, 5) is 15.1. The Balaban J connectivity index is 0.00000288. The fraction of sp³-hybridized carbons (Fsp3) is 0.438. The third-order valence-electron chi connectivity index (χ3n) is 3.83. The molecule has 0 aliphatic rings. The minimum absolute atomic E-state index is 0. The molecule has 1 aromatic heterocycles. The molecule has 0 aliphatic heterocycles. The quantitative estimate of drug-likeness (QED) is 0.784. The number of rotatable bonds is 7. The van der Waals surface area contributed by atoms with Crippen LogP contribution in [0, 0.1) is 6.92 Å². The second-order valence-electron chi connectivity index (χ2n) is 5.16. The van der Waals surface area contributed by atoms with E-state index < -0.39 is 0 Å². The fourth-order valence-electron chi connectivity index (χ4n) is 2.55. The Morgan fingerprint density at radius 2 is 2.00 bits per heavy atom. The third-order valence-corrected chi connectivity index (χ3v) is 5.00. The zero-order valence-corrected chi connectivity index (χ0v) is 16.3. The number of benzene rings is 1. The Morgan fingerprint density at radius 3 is 2.54 bits per heavy atom. The molecule has 0 spiro atoms. The van der Waals surface area contributed by atoms with Gasteiger partial charge in [0.1, 0.15) is 4.88 Å². The van der Waals surface area contributed by atoms with Gasteiger partial charge in [0.25, 0.3) is 5.91 Å². The first-order valence-corrected chi connectivity index (χ1v) is 8.79. The lowest BCUT2D eigenvalue weighted by Gasteiger charge is -2.30. The average Bonchev–Trinajstić information content (AvgIpc) is 2.98. The summed E-state index contributed by atoms with van der Waals surface area (Å²) in [5.74, 6) is -0.137. The van der Waals surface area contributed by atoms with Gasteiger partial charge in [-0.1, -0.05) is 48.1 Å². The minimum Gasteiger partial charge on any atom is -0.349 e. The van der Waals surface area contributed by atoms with Crippen LogP contribution in [-0.2, 0) is 0 Å². The van der Waals surface area contributed by atoms with Crippen LogP contribution < -0.4 is 5.32 Å². The van der Waals surface area contributed by atoms with E-state index in [0.717, 1.165) is 30.2 Å². The first-order valence-electron chi connectivity index (χ1n) is 7.64. The molecule has 0 radical (unpaired) electrons. The van der Waals surface area contributed by atoms with Crippen molar-refractivity contribution in [1.82, 2.24) is 19.8 Å². The Bertz CT molecular complexity index is 661. The highest BCUT2D eigenvalue weighted by molar-refractivity contribution is 7.07. The predicted octanol–water partition coefficient (Wildman–Crippen LogP) is 3.73. The molecule has 2 aromatic rings. The van der Waals surface area contributed by atoms with Gasteiger partial charge in [-0.05, 0) is 43.2 Å². The Hall–Kier alpha value is -1.21. The molecule has 0 aliphatic carbocycles. The van der Waals surface area contributed by atoms with Crippen molar-refractivity contribution in [2.75, 3.05) is 19.6 Å². The average molecular weight is 389 g/mol. The van der Waals surface area contributed by atoms with Gasteiger partial charge < -0.3 is 5.32 Å². The van der Waals surface area contributed by atoms with E-state index in [1.54, 1.807) is 6.92 Å². The molecule has 1 N–H and O–H groups in total. The summed E-state index contributed by atoms with van der Waals surface area (Å²) in [6.07, 6.45) is 0. The van der Waals surface area contributed by atoms with Crippen LogP contribution in [0.3, 0.4) is 0 Å². The number of nitrogens with zero attached hydrogens (tertiary/aromatic N) is 3. The van der Waals surface area contributed by atoms with Crippen LogP contribution in [0.1, 0.15) is 40.8 Å². The molecule has 0 bridgehead atoms. The number of carbonyl (C=O) groups is 1. The van der Waals surface area contributed by atoms with Crippen molar-refractivity contribution in [3.63, 3.8) is 0 Å². The molecule has 132 valence electrons. The van der Waals surface area contributed by atoms with E-state index in [2.05, 4.69) is 33.7 Å². The van der Waals surface area contributed by atoms with Gasteiger partial charge in [-0.15, -0.1) is 17.5 Å². The summed E-state index contributed by atoms with van der Waals surface area (Å²) in [6, 6.07) is 7.81. The topological polar surface area (TPSA) is 58.1 Å². The van der Waals surface area contributed by atoms with Crippen molar-refractivity contribution in [3.8, 4) is 0 Å². The molecule has 8 heteroatoms. The Kier molecular flexibility index (Phi) is 8.62. The van der Waals surface area contributed by atoms with Crippen LogP contribution in [0.4, 0.5) is 0 Å². The SMILES string of the molecule is CCN(CC)C(CNC(=O)c1snnc1C)c1ccccc1Cl.Cl. The van der Waals surface area contributed by atoms with Crippen LogP contribution in [0.25, 0.3) is 0 Å². The van der Waals surface area contributed by atoms with Gasteiger partial charge >= 0.3 is 0 Å². The molecule has 1 atom stereocenters. The molecule has 1 unspecified atom stereocenters. The summed E-state index contributed by atoms with van der Waals surface area (Å²) >= 11 is 7.48. The van der Waals surface area contributed by atoms with Crippen LogP contribution in [0.2, 0.25) is 5.02 Å². The minimum atomic E-state index is -0.137. The first-order chi connectivity index (χ1) is 11.1. The second-order valence-corrected chi connectivity index (χ2v) is 6.32. The zero-order valence-electron chi connectivity index (χ0n) is 14.0. The molecule has 2 rings (SSSR count). The number of aryl methyl sites for hydroxylation is 1. The van der Waals surface area contributed by atoms with E-state index in [4.69, 9.17) is 11.6 Å². The number of halogens is 2. The normalized spacial score (nSPS) is 11.9. The number of likely N-dealkylation sites (N-methyl/N-ethyl adjacent to an activating group) is 1. The zero-order chi connectivity index (χ0) is 16.8. The molecular weight excluding hydrogens is 367 g/mol. The second kappa shape index (κ2) is 9.93. The van der Waals surface area contributed by atoms with Crippen LogP contribution in [0.15, 0.2) is 24.3 Å². The molecule has 5 nitrogen and oxygen atoms in total. The Morgan fingerprint density at radius 1 is 1.33 bits per heavy atom. The van der Waals surface area contributed by atoms with E-state index in [9.17, 15) is 4.79 Å². The highest BCUT2D eigenvalue weighted by Gasteiger charge is 2.22. The van der Waals surface area contributed by atoms with Gasteiger partial charge in [0.2, 0.25) is 0 Å². The van der Waals surface area contributed by atoms with Crippen molar-refractivity contribution >= 4 is 41.4 Å². The Labute approximate surface area is 158 Å².